The number of imidazole rings is 1. The highest BCUT2D eigenvalue weighted by Gasteiger charge is 2.19. The molecule has 21 heavy (non-hydrogen) atoms. The number of anilines is 1. The van der Waals surface area contributed by atoms with Gasteiger partial charge < -0.3 is 15.0 Å². The van der Waals surface area contributed by atoms with Crippen LogP contribution < -0.4 is 5.32 Å². The molecule has 0 amide bonds. The van der Waals surface area contributed by atoms with Crippen LogP contribution in [0.15, 0.2) is 36.9 Å². The number of aromatic amines is 1. The number of H-pyrrole nitrogens is 1. The van der Waals surface area contributed by atoms with Crippen LogP contribution in [-0.2, 0) is 17.8 Å². The summed E-state index contributed by atoms with van der Waals surface area (Å²) < 4.78 is 5.89. The van der Waals surface area contributed by atoms with Gasteiger partial charge in [0, 0.05) is 13.0 Å². The van der Waals surface area contributed by atoms with Gasteiger partial charge in [0.25, 0.3) is 0 Å². The van der Waals surface area contributed by atoms with Gasteiger partial charge in [-0.25, -0.2) is 15.0 Å². The molecular formula is C15H15N5O. The molecule has 0 spiro atoms. The van der Waals surface area contributed by atoms with Crippen molar-refractivity contribution >= 4 is 17.0 Å². The van der Waals surface area contributed by atoms with E-state index in [9.17, 15) is 0 Å². The van der Waals surface area contributed by atoms with Gasteiger partial charge in [0.1, 0.15) is 11.8 Å². The number of fused-ring (bicyclic) bond motifs is 2. The zero-order valence-corrected chi connectivity index (χ0v) is 11.4. The second-order valence-electron chi connectivity index (χ2n) is 5.11. The van der Waals surface area contributed by atoms with Crippen molar-refractivity contribution in [1.29, 1.82) is 0 Å². The molecule has 3 aromatic rings. The van der Waals surface area contributed by atoms with Crippen molar-refractivity contribution in [3.8, 4) is 0 Å². The third-order valence-corrected chi connectivity index (χ3v) is 3.76. The fraction of sp³-hybridized carbons (Fsp3) is 0.267. The molecule has 0 fully saturated rings. The van der Waals surface area contributed by atoms with E-state index in [4.69, 9.17) is 4.74 Å². The summed E-state index contributed by atoms with van der Waals surface area (Å²) in [6, 6.07) is 8.42. The Balaban J connectivity index is 1.47. The topological polar surface area (TPSA) is 75.7 Å². The zero-order chi connectivity index (χ0) is 14.1. The highest BCUT2D eigenvalue weighted by atomic mass is 16.5. The minimum atomic E-state index is 0.146. The number of benzene rings is 1. The normalized spacial score (nSPS) is 17.6. The van der Waals surface area contributed by atoms with Gasteiger partial charge in [-0.2, -0.15) is 0 Å². The lowest BCUT2D eigenvalue weighted by Crippen LogP contribution is -2.29. The largest absolute Gasteiger partial charge is 0.371 e. The molecule has 4 rings (SSSR count). The Morgan fingerprint density at radius 3 is 3.05 bits per heavy atom. The third kappa shape index (κ3) is 2.34. The summed E-state index contributed by atoms with van der Waals surface area (Å²) in [6.07, 6.45) is 4.20. The SMILES string of the molecule is c1ccc2c(c1)CO[C@H](CNc1ncnc3nc[nH]c13)C2. The van der Waals surface area contributed by atoms with Gasteiger partial charge in [0.15, 0.2) is 11.5 Å². The molecule has 0 bridgehead atoms. The van der Waals surface area contributed by atoms with Crippen molar-refractivity contribution in [3.63, 3.8) is 0 Å². The average Bonchev–Trinajstić information content (AvgIpc) is 3.02. The Labute approximate surface area is 121 Å². The molecule has 1 atom stereocenters. The van der Waals surface area contributed by atoms with Crippen LogP contribution in [0.2, 0.25) is 0 Å². The van der Waals surface area contributed by atoms with E-state index in [1.807, 2.05) is 0 Å². The van der Waals surface area contributed by atoms with Crippen LogP contribution in [0.1, 0.15) is 11.1 Å². The lowest BCUT2D eigenvalue weighted by Gasteiger charge is -2.25. The van der Waals surface area contributed by atoms with Crippen molar-refractivity contribution in [3.05, 3.63) is 48.0 Å². The second kappa shape index (κ2) is 5.14. The van der Waals surface area contributed by atoms with E-state index < -0.39 is 0 Å². The van der Waals surface area contributed by atoms with Crippen LogP contribution in [0.3, 0.4) is 0 Å². The molecule has 1 aliphatic rings. The Hall–Kier alpha value is -2.47. The lowest BCUT2D eigenvalue weighted by atomic mass is 9.99. The quantitative estimate of drug-likeness (QED) is 0.767. The second-order valence-corrected chi connectivity index (χ2v) is 5.11. The van der Waals surface area contributed by atoms with E-state index in [1.54, 1.807) is 6.33 Å². The van der Waals surface area contributed by atoms with Crippen LogP contribution in [0.4, 0.5) is 5.82 Å². The summed E-state index contributed by atoms with van der Waals surface area (Å²) in [5.74, 6) is 0.764. The summed E-state index contributed by atoms with van der Waals surface area (Å²) in [7, 11) is 0. The van der Waals surface area contributed by atoms with E-state index in [2.05, 4.69) is 49.5 Å². The third-order valence-electron chi connectivity index (χ3n) is 3.76. The molecule has 1 aliphatic heterocycles. The first-order valence-corrected chi connectivity index (χ1v) is 6.96. The number of rotatable bonds is 3. The van der Waals surface area contributed by atoms with E-state index >= 15 is 0 Å². The number of ether oxygens (including phenoxy) is 1. The number of nitrogens with zero attached hydrogens (tertiary/aromatic N) is 3. The van der Waals surface area contributed by atoms with E-state index in [1.165, 1.54) is 17.5 Å². The smallest absolute Gasteiger partial charge is 0.182 e. The van der Waals surface area contributed by atoms with Gasteiger partial charge in [0.05, 0.1) is 19.0 Å². The summed E-state index contributed by atoms with van der Waals surface area (Å²) in [6.45, 7) is 1.38. The maximum absolute atomic E-state index is 5.89. The van der Waals surface area contributed by atoms with E-state index in [0.717, 1.165) is 17.8 Å². The molecule has 0 radical (unpaired) electrons. The summed E-state index contributed by atoms with van der Waals surface area (Å²) in [5.41, 5.74) is 4.15. The highest BCUT2D eigenvalue weighted by molar-refractivity contribution is 5.81. The molecule has 6 heteroatoms. The van der Waals surface area contributed by atoms with Crippen LogP contribution >= 0.6 is 0 Å². The molecule has 1 aromatic carbocycles. The molecule has 0 saturated carbocycles. The fourth-order valence-corrected chi connectivity index (χ4v) is 2.65. The molecule has 0 aliphatic carbocycles. The molecule has 0 saturated heterocycles. The van der Waals surface area contributed by atoms with Crippen molar-refractivity contribution in [2.24, 2.45) is 0 Å². The standard InChI is InChI=1S/C15H15N5O/c1-2-4-11-7-21-12(5-10(11)3-1)6-16-14-13-15(18-8-17-13)20-9-19-14/h1-4,8-9,12H,5-7H2,(H2,16,17,18,19,20)/t12-/m0/s1. The van der Waals surface area contributed by atoms with Gasteiger partial charge in [-0.05, 0) is 11.1 Å². The first kappa shape index (κ1) is 12.3. The molecule has 2 N–H and O–H groups in total. The van der Waals surface area contributed by atoms with Crippen LogP contribution in [0.5, 0.6) is 0 Å². The predicted octanol–water partition coefficient (Wildman–Crippen LogP) is 1.91. The first-order chi connectivity index (χ1) is 10.4. The average molecular weight is 281 g/mol. The van der Waals surface area contributed by atoms with Gasteiger partial charge in [-0.3, -0.25) is 0 Å². The fourth-order valence-electron chi connectivity index (χ4n) is 2.65. The number of hydrogen-bond donors (Lipinski definition) is 2. The van der Waals surface area contributed by atoms with Crippen LogP contribution in [0.25, 0.3) is 11.2 Å². The molecule has 3 heterocycles. The Morgan fingerprint density at radius 2 is 2.10 bits per heavy atom. The highest BCUT2D eigenvalue weighted by Crippen LogP contribution is 2.21. The van der Waals surface area contributed by atoms with Gasteiger partial charge >= 0.3 is 0 Å². The first-order valence-electron chi connectivity index (χ1n) is 6.96. The molecule has 106 valence electrons. The Bertz CT molecular complexity index is 769. The molecule has 2 aromatic heterocycles. The Morgan fingerprint density at radius 1 is 1.19 bits per heavy atom. The maximum Gasteiger partial charge on any atom is 0.182 e. The van der Waals surface area contributed by atoms with Crippen LogP contribution in [-0.4, -0.2) is 32.6 Å². The van der Waals surface area contributed by atoms with E-state index in [0.29, 0.717) is 18.8 Å². The van der Waals surface area contributed by atoms with Crippen molar-refractivity contribution in [2.45, 2.75) is 19.1 Å². The van der Waals surface area contributed by atoms with Gasteiger partial charge in [-0.1, -0.05) is 24.3 Å². The summed E-state index contributed by atoms with van der Waals surface area (Å²) in [4.78, 5) is 15.5. The minimum Gasteiger partial charge on any atom is -0.371 e. The van der Waals surface area contributed by atoms with Crippen molar-refractivity contribution in [1.82, 2.24) is 19.9 Å². The lowest BCUT2D eigenvalue weighted by molar-refractivity contribution is 0.0371. The monoisotopic (exact) mass is 281 g/mol. The number of aromatic nitrogens is 4. The molecule has 0 unspecified atom stereocenters. The van der Waals surface area contributed by atoms with Gasteiger partial charge in [-0.15, -0.1) is 0 Å². The van der Waals surface area contributed by atoms with E-state index in [-0.39, 0.29) is 6.10 Å². The Kier molecular flexibility index (Phi) is 3.01. The summed E-state index contributed by atoms with van der Waals surface area (Å²) >= 11 is 0. The number of hydrogen-bond acceptors (Lipinski definition) is 5. The van der Waals surface area contributed by atoms with Crippen molar-refractivity contribution in [2.75, 3.05) is 11.9 Å². The maximum atomic E-state index is 5.89. The van der Waals surface area contributed by atoms with Crippen LogP contribution in [0, 0.1) is 0 Å². The van der Waals surface area contributed by atoms with Crippen molar-refractivity contribution < 1.29 is 4.74 Å². The summed E-state index contributed by atoms with van der Waals surface area (Å²) in [5, 5.41) is 3.33. The minimum absolute atomic E-state index is 0.146. The van der Waals surface area contributed by atoms with Gasteiger partial charge in [0.2, 0.25) is 0 Å². The molecular weight excluding hydrogens is 266 g/mol. The number of nitrogens with one attached hydrogen (secondary N) is 2. The zero-order valence-electron chi connectivity index (χ0n) is 11.4. The molecule has 6 nitrogen and oxygen atoms in total. The predicted molar refractivity (Wildman–Crippen MR) is 78.9 cm³/mol.